The molecule has 2 aromatic rings. The molecule has 2 rings (SSSR count). The van der Waals surface area contributed by atoms with E-state index in [9.17, 15) is 9.59 Å². The Morgan fingerprint density at radius 2 is 1.86 bits per heavy atom. The highest BCUT2D eigenvalue weighted by Crippen LogP contribution is 2.28. The first kappa shape index (κ1) is 22.2. The maximum Gasteiger partial charge on any atom is 0.344 e. The second kappa shape index (κ2) is 11.7. The maximum absolute atomic E-state index is 11.9. The molecule has 1 amide bonds. The summed E-state index contributed by atoms with van der Waals surface area (Å²) >= 11 is 3.35. The number of amides is 1. The fraction of sp³-hybridized carbons (Fsp3) is 0.250. The molecule has 154 valence electrons. The van der Waals surface area contributed by atoms with E-state index in [0.29, 0.717) is 27.3 Å². The zero-order valence-corrected chi connectivity index (χ0v) is 17.6. The zero-order valence-electron chi connectivity index (χ0n) is 16.0. The van der Waals surface area contributed by atoms with Crippen molar-refractivity contribution in [2.24, 2.45) is 5.10 Å². The molecule has 0 heterocycles. The van der Waals surface area contributed by atoms with E-state index >= 15 is 0 Å². The molecule has 0 saturated carbocycles. The van der Waals surface area contributed by atoms with E-state index in [4.69, 9.17) is 18.9 Å². The van der Waals surface area contributed by atoms with E-state index in [1.165, 1.54) is 6.21 Å². The fourth-order valence-electron chi connectivity index (χ4n) is 2.13. The second-order valence-electron chi connectivity index (χ2n) is 5.51. The van der Waals surface area contributed by atoms with Gasteiger partial charge in [-0.25, -0.2) is 10.2 Å². The predicted molar refractivity (Wildman–Crippen MR) is 110 cm³/mol. The van der Waals surface area contributed by atoms with Gasteiger partial charge in [0.15, 0.2) is 13.2 Å². The number of carbonyl (C=O) groups is 2. The quantitative estimate of drug-likeness (QED) is 0.330. The van der Waals surface area contributed by atoms with Crippen LogP contribution in [0.1, 0.15) is 12.5 Å². The molecule has 0 unspecified atom stereocenters. The van der Waals surface area contributed by atoms with E-state index in [1.807, 2.05) is 0 Å². The maximum atomic E-state index is 11.9. The SMILES string of the molecule is CCOC(=O)COc1ccccc1/C=N\NC(=O)COc1ccc(OC)cc1Br. The largest absolute Gasteiger partial charge is 0.497 e. The molecule has 0 fully saturated rings. The average molecular weight is 465 g/mol. The minimum absolute atomic E-state index is 0.213. The number of nitrogens with zero attached hydrogens (tertiary/aromatic N) is 1. The molecule has 1 N–H and O–H groups in total. The number of hydrogen-bond acceptors (Lipinski definition) is 7. The third kappa shape index (κ3) is 7.46. The van der Waals surface area contributed by atoms with Crippen LogP contribution in [0.2, 0.25) is 0 Å². The molecule has 0 spiro atoms. The summed E-state index contributed by atoms with van der Waals surface area (Å²) in [7, 11) is 1.56. The van der Waals surface area contributed by atoms with Crippen LogP contribution < -0.4 is 19.6 Å². The first-order valence-corrected chi connectivity index (χ1v) is 9.48. The second-order valence-corrected chi connectivity index (χ2v) is 6.36. The van der Waals surface area contributed by atoms with Gasteiger partial charge in [-0.1, -0.05) is 12.1 Å². The molecule has 0 aromatic heterocycles. The molecule has 8 nitrogen and oxygen atoms in total. The first-order chi connectivity index (χ1) is 14.0. The molecule has 0 aliphatic heterocycles. The van der Waals surface area contributed by atoms with Gasteiger partial charge in [-0.2, -0.15) is 5.10 Å². The molecule has 0 radical (unpaired) electrons. The monoisotopic (exact) mass is 464 g/mol. The lowest BCUT2D eigenvalue weighted by Gasteiger charge is -2.09. The average Bonchev–Trinajstić information content (AvgIpc) is 2.72. The predicted octanol–water partition coefficient (Wildman–Crippen LogP) is 2.93. The summed E-state index contributed by atoms with van der Waals surface area (Å²) in [6.07, 6.45) is 1.42. The number of nitrogens with one attached hydrogen (secondary N) is 1. The zero-order chi connectivity index (χ0) is 21.1. The van der Waals surface area contributed by atoms with Crippen molar-refractivity contribution in [2.45, 2.75) is 6.92 Å². The van der Waals surface area contributed by atoms with E-state index < -0.39 is 11.9 Å². The number of methoxy groups -OCH3 is 1. The minimum Gasteiger partial charge on any atom is -0.497 e. The van der Waals surface area contributed by atoms with E-state index in [2.05, 4.69) is 26.5 Å². The Balaban J connectivity index is 1.86. The Hall–Kier alpha value is -3.07. The summed E-state index contributed by atoms with van der Waals surface area (Å²) in [5.41, 5.74) is 2.97. The number of esters is 1. The Kier molecular flexibility index (Phi) is 8.97. The van der Waals surface area contributed by atoms with Crippen LogP contribution in [0.15, 0.2) is 52.0 Å². The fourth-order valence-corrected chi connectivity index (χ4v) is 2.61. The van der Waals surface area contributed by atoms with Crippen molar-refractivity contribution in [3.05, 3.63) is 52.5 Å². The molecule has 29 heavy (non-hydrogen) atoms. The normalized spacial score (nSPS) is 10.4. The van der Waals surface area contributed by atoms with Crippen LogP contribution in [-0.2, 0) is 14.3 Å². The van der Waals surface area contributed by atoms with Gasteiger partial charge in [-0.05, 0) is 53.2 Å². The summed E-state index contributed by atoms with van der Waals surface area (Å²) in [4.78, 5) is 23.3. The van der Waals surface area contributed by atoms with Crippen molar-refractivity contribution < 1.29 is 28.5 Å². The van der Waals surface area contributed by atoms with Crippen LogP contribution in [0.5, 0.6) is 17.2 Å². The van der Waals surface area contributed by atoms with Gasteiger partial charge in [-0.15, -0.1) is 0 Å². The van der Waals surface area contributed by atoms with Gasteiger partial charge in [-0.3, -0.25) is 4.79 Å². The van der Waals surface area contributed by atoms with Gasteiger partial charge >= 0.3 is 5.97 Å². The minimum atomic E-state index is -0.464. The summed E-state index contributed by atoms with van der Waals surface area (Å²) in [6.45, 7) is 1.57. The Bertz CT molecular complexity index is 872. The van der Waals surface area contributed by atoms with Gasteiger partial charge < -0.3 is 18.9 Å². The van der Waals surface area contributed by atoms with Crippen LogP contribution in [0.3, 0.4) is 0 Å². The number of ether oxygens (including phenoxy) is 4. The number of rotatable bonds is 10. The molecule has 0 aliphatic rings. The number of para-hydroxylation sites is 1. The number of benzene rings is 2. The Labute approximate surface area is 176 Å². The van der Waals surface area contributed by atoms with E-state index in [-0.39, 0.29) is 19.8 Å². The number of halogens is 1. The van der Waals surface area contributed by atoms with Crippen LogP contribution in [0, 0.1) is 0 Å². The topological polar surface area (TPSA) is 95.5 Å². The number of hydrazone groups is 1. The molecule has 0 saturated heterocycles. The number of carbonyl (C=O) groups excluding carboxylic acids is 2. The molecule has 0 atom stereocenters. The lowest BCUT2D eigenvalue weighted by molar-refractivity contribution is -0.145. The molecular weight excluding hydrogens is 444 g/mol. The smallest absolute Gasteiger partial charge is 0.344 e. The van der Waals surface area contributed by atoms with Crippen LogP contribution in [0.25, 0.3) is 0 Å². The summed E-state index contributed by atoms with van der Waals surface area (Å²) in [6, 6.07) is 12.1. The molecule has 0 bridgehead atoms. The highest BCUT2D eigenvalue weighted by Gasteiger charge is 2.08. The summed E-state index contributed by atoms with van der Waals surface area (Å²) in [5, 5.41) is 3.90. The lowest BCUT2D eigenvalue weighted by atomic mass is 10.2. The molecule has 2 aromatic carbocycles. The van der Waals surface area contributed by atoms with Crippen molar-refractivity contribution in [3.8, 4) is 17.2 Å². The van der Waals surface area contributed by atoms with Gasteiger partial charge in [0.05, 0.1) is 24.4 Å². The molecule has 9 heteroatoms. The van der Waals surface area contributed by atoms with Crippen molar-refractivity contribution in [1.82, 2.24) is 5.43 Å². The van der Waals surface area contributed by atoms with Crippen molar-refractivity contribution in [1.29, 1.82) is 0 Å². The van der Waals surface area contributed by atoms with Gasteiger partial charge in [0.25, 0.3) is 5.91 Å². The van der Waals surface area contributed by atoms with Gasteiger partial charge in [0.1, 0.15) is 17.2 Å². The Morgan fingerprint density at radius 3 is 2.59 bits per heavy atom. The van der Waals surface area contributed by atoms with Crippen molar-refractivity contribution >= 4 is 34.0 Å². The first-order valence-electron chi connectivity index (χ1n) is 8.69. The standard InChI is InChI=1S/C20H21BrN2O6/c1-3-27-20(25)13-29-17-7-5-4-6-14(17)11-22-23-19(24)12-28-18-9-8-15(26-2)10-16(18)21/h4-11H,3,12-13H2,1-2H3,(H,23,24)/b22-11-. The third-order valence-electron chi connectivity index (χ3n) is 3.46. The van der Waals surface area contributed by atoms with Crippen LogP contribution in [0.4, 0.5) is 0 Å². The highest BCUT2D eigenvalue weighted by atomic mass is 79.9. The van der Waals surface area contributed by atoms with Crippen LogP contribution >= 0.6 is 15.9 Å². The van der Waals surface area contributed by atoms with Crippen molar-refractivity contribution in [2.75, 3.05) is 26.9 Å². The van der Waals surface area contributed by atoms with Gasteiger partial charge in [0, 0.05) is 5.56 Å². The van der Waals surface area contributed by atoms with Gasteiger partial charge in [0.2, 0.25) is 0 Å². The van der Waals surface area contributed by atoms with E-state index in [1.54, 1.807) is 56.5 Å². The summed E-state index contributed by atoms with van der Waals surface area (Å²) < 4.78 is 21.5. The highest BCUT2D eigenvalue weighted by molar-refractivity contribution is 9.10. The van der Waals surface area contributed by atoms with E-state index in [0.717, 1.165) is 0 Å². The van der Waals surface area contributed by atoms with Crippen molar-refractivity contribution in [3.63, 3.8) is 0 Å². The summed E-state index contributed by atoms with van der Waals surface area (Å²) in [5.74, 6) is 0.713. The third-order valence-corrected chi connectivity index (χ3v) is 4.08. The Morgan fingerprint density at radius 1 is 1.10 bits per heavy atom. The van der Waals surface area contributed by atoms with Crippen LogP contribution in [-0.4, -0.2) is 45.0 Å². The number of hydrogen-bond donors (Lipinski definition) is 1. The molecule has 0 aliphatic carbocycles. The lowest BCUT2D eigenvalue weighted by Crippen LogP contribution is -2.24. The molecular formula is C20H21BrN2O6.